The van der Waals surface area contributed by atoms with Gasteiger partial charge in [0.25, 0.3) is 0 Å². The summed E-state index contributed by atoms with van der Waals surface area (Å²) in [5.74, 6) is 2.05. The summed E-state index contributed by atoms with van der Waals surface area (Å²) in [6.07, 6.45) is 3.69. The maximum absolute atomic E-state index is 6.61. The average molecular weight is 471 g/mol. The first-order valence-corrected chi connectivity index (χ1v) is 10.5. The predicted octanol–water partition coefficient (Wildman–Crippen LogP) is 1.90. The normalized spacial score (nSPS) is 18.1. The first kappa shape index (κ1) is 21.3. The molecule has 10 heteroatoms. The van der Waals surface area contributed by atoms with Crippen molar-refractivity contribution in [3.63, 3.8) is 0 Å². The third kappa shape index (κ3) is 3.64. The minimum Gasteiger partial charge on any atom is -0.495 e. The number of likely N-dealkylation sites (N-methyl/N-ethyl adjacent to an activating group) is 1. The molecule has 0 bridgehead atoms. The molecule has 4 rings (SSSR count). The maximum atomic E-state index is 6.61. The highest BCUT2D eigenvalue weighted by molar-refractivity contribution is 6.40. The minimum absolute atomic E-state index is 0.326. The molecule has 2 aromatic rings. The van der Waals surface area contributed by atoms with E-state index in [1.807, 2.05) is 6.08 Å². The number of hydrogen-bond acceptors (Lipinski definition) is 7. The molecular weight excluding hydrogens is 449 g/mol. The van der Waals surface area contributed by atoms with Gasteiger partial charge in [0.15, 0.2) is 5.82 Å². The van der Waals surface area contributed by atoms with E-state index in [4.69, 9.17) is 54.2 Å². The molecule has 1 aromatic heterocycles. The number of ether oxygens (including phenoxy) is 2. The molecule has 1 atom stereocenters. The summed E-state index contributed by atoms with van der Waals surface area (Å²) in [6, 6.07) is 2.10. The van der Waals surface area contributed by atoms with E-state index in [2.05, 4.69) is 29.2 Å². The minimum atomic E-state index is -0.333. The zero-order chi connectivity index (χ0) is 21.6. The molecule has 0 spiro atoms. The first-order valence-electron chi connectivity index (χ1n) is 9.36. The fourth-order valence-electron chi connectivity index (χ4n) is 3.49. The topological polar surface area (TPSA) is 62.8 Å². The molecule has 7 nitrogen and oxygen atoms in total. The van der Waals surface area contributed by atoms with E-state index in [9.17, 15) is 0 Å². The van der Waals surface area contributed by atoms with Gasteiger partial charge in [-0.1, -0.05) is 34.8 Å². The fourth-order valence-corrected chi connectivity index (χ4v) is 4.35. The van der Waals surface area contributed by atoms with Crippen molar-refractivity contribution >= 4 is 52.9 Å². The van der Waals surface area contributed by atoms with Crippen LogP contribution in [0.1, 0.15) is 0 Å². The lowest BCUT2D eigenvalue weighted by Crippen LogP contribution is -2.60. The zero-order valence-corrected chi connectivity index (χ0v) is 19.3. The highest BCUT2D eigenvalue weighted by Gasteiger charge is 2.31. The number of nitrogens with one attached hydrogen (secondary N) is 1. The summed E-state index contributed by atoms with van der Waals surface area (Å²) in [6.45, 7) is 1.71. The maximum Gasteiger partial charge on any atom is 0.165 e. The van der Waals surface area contributed by atoms with Gasteiger partial charge in [-0.25, -0.2) is 9.97 Å². The SMILES string of the molecule is COc1cc(OC)c(Cl)c(-c2nc(N3CC(N(C)C)C3)c3c(n2)=CNC(Cl)C=3)c1Cl. The number of benzene rings is 1. The van der Waals surface area contributed by atoms with Gasteiger partial charge in [0.2, 0.25) is 0 Å². The third-order valence-electron chi connectivity index (χ3n) is 5.34. The second-order valence-electron chi connectivity index (χ2n) is 7.36. The Bertz CT molecular complexity index is 1070. The standard InChI is InChI=1S/C20H22Cl3N5O2/c1-27(2)10-8-28(9-10)20-11-5-15(21)24-7-12(11)25-19(26-20)16-17(22)13(29-3)6-14(30-4)18(16)23/h5-7,10,15,24H,8-9H2,1-4H3. The highest BCUT2D eigenvalue weighted by Crippen LogP contribution is 2.44. The molecule has 1 saturated heterocycles. The Morgan fingerprint density at radius 2 is 1.73 bits per heavy atom. The lowest BCUT2D eigenvalue weighted by Gasteiger charge is -2.43. The molecular formula is C20H22Cl3N5O2. The van der Waals surface area contributed by atoms with Crippen molar-refractivity contribution in [3.8, 4) is 22.9 Å². The van der Waals surface area contributed by atoms with E-state index in [1.54, 1.807) is 12.3 Å². The van der Waals surface area contributed by atoms with Crippen LogP contribution in [0.25, 0.3) is 23.7 Å². The Kier molecular flexibility index (Phi) is 5.90. The number of hydrogen-bond donors (Lipinski definition) is 1. The van der Waals surface area contributed by atoms with Gasteiger partial charge in [0, 0.05) is 36.6 Å². The van der Waals surface area contributed by atoms with Crippen LogP contribution in [0.3, 0.4) is 0 Å². The van der Waals surface area contributed by atoms with Crippen LogP contribution in [-0.2, 0) is 0 Å². The van der Waals surface area contributed by atoms with Crippen molar-refractivity contribution in [2.75, 3.05) is 46.3 Å². The van der Waals surface area contributed by atoms with Crippen LogP contribution < -0.4 is 30.3 Å². The van der Waals surface area contributed by atoms with Crippen LogP contribution in [0, 0.1) is 0 Å². The van der Waals surface area contributed by atoms with E-state index < -0.39 is 0 Å². The van der Waals surface area contributed by atoms with Crippen LogP contribution in [0.4, 0.5) is 5.82 Å². The molecule has 1 fully saturated rings. The van der Waals surface area contributed by atoms with E-state index in [-0.39, 0.29) is 5.50 Å². The van der Waals surface area contributed by atoms with Gasteiger partial charge in [0.1, 0.15) is 22.8 Å². The van der Waals surface area contributed by atoms with E-state index in [0.717, 1.165) is 24.1 Å². The average Bonchev–Trinajstić information content (AvgIpc) is 2.67. The number of fused-ring (bicyclic) bond motifs is 1. The number of rotatable bonds is 5. The number of alkyl halides is 1. The quantitative estimate of drug-likeness (QED) is 0.529. The van der Waals surface area contributed by atoms with Crippen molar-refractivity contribution in [2.24, 2.45) is 0 Å². The van der Waals surface area contributed by atoms with Crippen LogP contribution in [-0.4, -0.2) is 67.8 Å². The van der Waals surface area contributed by atoms with Crippen LogP contribution in [0.15, 0.2) is 6.07 Å². The molecule has 0 radical (unpaired) electrons. The van der Waals surface area contributed by atoms with Gasteiger partial charge in [-0.2, -0.15) is 0 Å². The molecule has 160 valence electrons. The molecule has 0 saturated carbocycles. The summed E-state index contributed by atoms with van der Waals surface area (Å²) in [7, 11) is 7.21. The molecule has 1 aromatic carbocycles. The van der Waals surface area contributed by atoms with Crippen molar-refractivity contribution in [1.29, 1.82) is 0 Å². The van der Waals surface area contributed by atoms with E-state index >= 15 is 0 Å². The number of halogens is 3. The fraction of sp³-hybridized carbons (Fsp3) is 0.400. The summed E-state index contributed by atoms with van der Waals surface area (Å²) in [5.41, 5.74) is 0.130. The van der Waals surface area contributed by atoms with Crippen molar-refractivity contribution < 1.29 is 9.47 Å². The number of nitrogens with zero attached hydrogens (tertiary/aromatic N) is 4. The highest BCUT2D eigenvalue weighted by atomic mass is 35.5. The molecule has 30 heavy (non-hydrogen) atoms. The van der Waals surface area contributed by atoms with Gasteiger partial charge < -0.3 is 24.6 Å². The summed E-state index contributed by atoms with van der Waals surface area (Å²) in [4.78, 5) is 14.0. The molecule has 1 N–H and O–H groups in total. The molecule has 0 amide bonds. The van der Waals surface area contributed by atoms with Crippen molar-refractivity contribution in [2.45, 2.75) is 11.5 Å². The van der Waals surface area contributed by atoms with Gasteiger partial charge in [-0.3, -0.25) is 0 Å². The summed E-state index contributed by atoms with van der Waals surface area (Å²) < 4.78 is 10.8. The number of anilines is 1. The summed E-state index contributed by atoms with van der Waals surface area (Å²) >= 11 is 19.5. The van der Waals surface area contributed by atoms with Gasteiger partial charge in [-0.05, 0) is 20.2 Å². The molecule has 2 aliphatic rings. The zero-order valence-electron chi connectivity index (χ0n) is 17.0. The smallest absolute Gasteiger partial charge is 0.165 e. The van der Waals surface area contributed by atoms with Crippen molar-refractivity contribution in [3.05, 3.63) is 26.7 Å². The molecule has 2 aliphatic heterocycles. The summed E-state index contributed by atoms with van der Waals surface area (Å²) in [5, 5.41) is 5.33. The largest absolute Gasteiger partial charge is 0.495 e. The molecule has 3 heterocycles. The number of aromatic nitrogens is 2. The second kappa shape index (κ2) is 8.30. The lowest BCUT2D eigenvalue weighted by molar-refractivity contribution is 0.246. The molecule has 1 unspecified atom stereocenters. The lowest BCUT2D eigenvalue weighted by atomic mass is 10.1. The van der Waals surface area contributed by atoms with Crippen molar-refractivity contribution in [1.82, 2.24) is 20.2 Å². The Morgan fingerprint density at radius 3 is 2.30 bits per heavy atom. The monoisotopic (exact) mass is 469 g/mol. The Morgan fingerprint density at radius 1 is 1.10 bits per heavy atom. The number of methoxy groups -OCH3 is 2. The first-order chi connectivity index (χ1) is 14.3. The van der Waals surface area contributed by atoms with Gasteiger partial charge in [0.05, 0.1) is 35.2 Å². The van der Waals surface area contributed by atoms with E-state index in [0.29, 0.717) is 44.3 Å². The third-order valence-corrected chi connectivity index (χ3v) is 6.34. The van der Waals surface area contributed by atoms with Crippen LogP contribution >= 0.6 is 34.8 Å². The predicted molar refractivity (Wildman–Crippen MR) is 121 cm³/mol. The van der Waals surface area contributed by atoms with Crippen LogP contribution in [0.2, 0.25) is 10.0 Å². The molecule has 0 aliphatic carbocycles. The van der Waals surface area contributed by atoms with Gasteiger partial charge in [-0.15, -0.1) is 0 Å². The Labute approximate surface area is 189 Å². The van der Waals surface area contributed by atoms with Gasteiger partial charge >= 0.3 is 0 Å². The second-order valence-corrected chi connectivity index (χ2v) is 8.58. The van der Waals surface area contributed by atoms with E-state index in [1.165, 1.54) is 14.2 Å². The Balaban J connectivity index is 1.92. The Hall–Kier alpha value is -1.93. The van der Waals surface area contributed by atoms with Crippen LogP contribution in [0.5, 0.6) is 11.5 Å².